The number of carbonyl (C=O) groups is 3. The van der Waals surface area contributed by atoms with E-state index in [1.165, 1.54) is 12.1 Å². The van der Waals surface area contributed by atoms with E-state index in [1.807, 2.05) is 0 Å². The Bertz CT molecular complexity index is 758. The summed E-state index contributed by atoms with van der Waals surface area (Å²) in [5, 5.41) is 21.8. The van der Waals surface area contributed by atoms with E-state index < -0.39 is 52.7 Å². The first kappa shape index (κ1) is 18.6. The van der Waals surface area contributed by atoms with Crippen LogP contribution in [0.5, 0.6) is 0 Å². The van der Waals surface area contributed by atoms with E-state index in [2.05, 4.69) is 5.32 Å². The predicted molar refractivity (Wildman–Crippen MR) is 83.1 cm³/mol. The van der Waals surface area contributed by atoms with Gasteiger partial charge in [0, 0.05) is 19.0 Å². The number of amides is 2. The highest BCUT2D eigenvalue weighted by atomic mass is 35.5. The zero-order valence-corrected chi connectivity index (χ0v) is 13.5. The summed E-state index contributed by atoms with van der Waals surface area (Å²) in [6.07, 6.45) is -0.349. The molecule has 0 aliphatic carbocycles. The number of carboxylic acids is 1. The normalized spacial score (nSPS) is 19.5. The molecule has 11 heteroatoms. The quantitative estimate of drug-likeness (QED) is 0.585. The number of halogens is 2. The maximum absolute atomic E-state index is 13.9. The van der Waals surface area contributed by atoms with Crippen LogP contribution < -0.4 is 5.32 Å². The summed E-state index contributed by atoms with van der Waals surface area (Å²) >= 11 is 5.81. The molecule has 2 amide bonds. The van der Waals surface area contributed by atoms with E-state index in [1.54, 1.807) is 0 Å². The second kappa shape index (κ2) is 7.01. The van der Waals surface area contributed by atoms with Crippen LogP contribution in [0.2, 0.25) is 5.02 Å². The van der Waals surface area contributed by atoms with E-state index in [0.717, 1.165) is 11.0 Å². The number of carboxylic acid groups (broad SMARTS) is 1. The van der Waals surface area contributed by atoms with Crippen LogP contribution in [0, 0.1) is 10.1 Å². The molecule has 9 nitrogen and oxygen atoms in total. The largest absolute Gasteiger partial charge is 0.479 e. The molecule has 0 aromatic heterocycles. The van der Waals surface area contributed by atoms with Crippen LogP contribution in [0.15, 0.2) is 18.2 Å². The molecular formula is C14H13ClFN3O6. The summed E-state index contributed by atoms with van der Waals surface area (Å²) in [4.78, 5) is 46.0. The van der Waals surface area contributed by atoms with Gasteiger partial charge in [-0.3, -0.25) is 19.7 Å². The third-order valence-corrected chi connectivity index (χ3v) is 4.09. The SMILES string of the molecule is O=C(NCC(=O)N1CCC(F)(C(=O)O)C1)c1c(Cl)cccc1[N+](=O)[O-]. The summed E-state index contributed by atoms with van der Waals surface area (Å²) in [6.45, 7) is -1.30. The lowest BCUT2D eigenvalue weighted by atomic mass is 10.1. The number of nitro benzene ring substituents is 1. The minimum absolute atomic E-state index is 0.107. The van der Waals surface area contributed by atoms with E-state index in [-0.39, 0.29) is 18.0 Å². The fourth-order valence-electron chi connectivity index (χ4n) is 2.41. The van der Waals surface area contributed by atoms with Crippen LogP contribution in [-0.2, 0) is 9.59 Å². The number of alkyl halides is 1. The topological polar surface area (TPSA) is 130 Å². The second-order valence-corrected chi connectivity index (χ2v) is 5.82. The number of rotatable bonds is 5. The molecule has 134 valence electrons. The molecule has 1 heterocycles. The van der Waals surface area contributed by atoms with Gasteiger partial charge in [-0.2, -0.15) is 0 Å². The molecule has 1 aromatic carbocycles. The van der Waals surface area contributed by atoms with Gasteiger partial charge < -0.3 is 15.3 Å². The fourth-order valence-corrected chi connectivity index (χ4v) is 2.66. The molecule has 0 radical (unpaired) electrons. The van der Waals surface area contributed by atoms with Crippen molar-refractivity contribution in [2.24, 2.45) is 0 Å². The summed E-state index contributed by atoms with van der Waals surface area (Å²) in [6, 6.07) is 3.68. The van der Waals surface area contributed by atoms with Crippen LogP contribution in [0.25, 0.3) is 0 Å². The molecule has 1 aliphatic rings. The second-order valence-electron chi connectivity index (χ2n) is 5.41. The maximum atomic E-state index is 13.9. The number of hydrogen-bond donors (Lipinski definition) is 2. The molecule has 2 rings (SSSR count). The molecule has 2 N–H and O–H groups in total. The van der Waals surface area contributed by atoms with Crippen molar-refractivity contribution >= 4 is 35.1 Å². The van der Waals surface area contributed by atoms with Crippen molar-refractivity contribution in [1.29, 1.82) is 0 Å². The minimum atomic E-state index is -2.51. The molecule has 1 atom stereocenters. The molecule has 25 heavy (non-hydrogen) atoms. The number of hydrogen-bond acceptors (Lipinski definition) is 5. The van der Waals surface area contributed by atoms with Crippen molar-refractivity contribution in [3.05, 3.63) is 38.9 Å². The number of nitro groups is 1. The first-order valence-corrected chi connectivity index (χ1v) is 7.44. The summed E-state index contributed by atoms with van der Waals surface area (Å²) in [5.41, 5.74) is -3.43. The smallest absolute Gasteiger partial charge is 0.343 e. The van der Waals surface area contributed by atoms with Crippen molar-refractivity contribution in [3.63, 3.8) is 0 Å². The van der Waals surface area contributed by atoms with Gasteiger partial charge in [-0.15, -0.1) is 0 Å². The predicted octanol–water partition coefficient (Wildman–Crippen LogP) is 1.00. The number of aliphatic carboxylic acids is 1. The molecule has 0 spiro atoms. The average Bonchev–Trinajstić information content (AvgIpc) is 2.96. The van der Waals surface area contributed by atoms with Crippen LogP contribution in [0.1, 0.15) is 16.8 Å². The highest BCUT2D eigenvalue weighted by Crippen LogP contribution is 2.27. The lowest BCUT2D eigenvalue weighted by molar-refractivity contribution is -0.385. The highest BCUT2D eigenvalue weighted by Gasteiger charge is 2.46. The lowest BCUT2D eigenvalue weighted by Crippen LogP contribution is -2.42. The van der Waals surface area contributed by atoms with Crippen LogP contribution >= 0.6 is 11.6 Å². The van der Waals surface area contributed by atoms with E-state index >= 15 is 0 Å². The molecule has 1 aromatic rings. The van der Waals surface area contributed by atoms with Crippen LogP contribution in [0.4, 0.5) is 10.1 Å². The first-order chi connectivity index (χ1) is 11.7. The molecule has 1 aliphatic heterocycles. The van der Waals surface area contributed by atoms with Gasteiger partial charge in [-0.25, -0.2) is 9.18 Å². The van der Waals surface area contributed by atoms with Crippen LogP contribution in [0.3, 0.4) is 0 Å². The molecular weight excluding hydrogens is 361 g/mol. The Labute approximate surface area is 145 Å². The highest BCUT2D eigenvalue weighted by molar-refractivity contribution is 6.34. The van der Waals surface area contributed by atoms with E-state index in [0.29, 0.717) is 0 Å². The molecule has 1 saturated heterocycles. The Morgan fingerprint density at radius 1 is 1.44 bits per heavy atom. The molecule has 1 fully saturated rings. The van der Waals surface area contributed by atoms with Crippen molar-refractivity contribution in [2.75, 3.05) is 19.6 Å². The zero-order chi connectivity index (χ0) is 18.8. The average molecular weight is 374 g/mol. The van der Waals surface area contributed by atoms with Gasteiger partial charge >= 0.3 is 5.97 Å². The summed E-state index contributed by atoms with van der Waals surface area (Å²) < 4.78 is 13.9. The Morgan fingerprint density at radius 2 is 2.12 bits per heavy atom. The fraction of sp³-hybridized carbons (Fsp3) is 0.357. The number of benzene rings is 1. The number of likely N-dealkylation sites (tertiary alicyclic amines) is 1. The van der Waals surface area contributed by atoms with Gasteiger partial charge in [0.15, 0.2) is 0 Å². The van der Waals surface area contributed by atoms with E-state index in [4.69, 9.17) is 16.7 Å². The number of nitrogens with zero attached hydrogens (tertiary/aromatic N) is 2. The van der Waals surface area contributed by atoms with Gasteiger partial charge in [-0.1, -0.05) is 17.7 Å². The third kappa shape index (κ3) is 3.85. The number of carbonyl (C=O) groups excluding carboxylic acids is 2. The Morgan fingerprint density at radius 3 is 2.68 bits per heavy atom. The zero-order valence-electron chi connectivity index (χ0n) is 12.7. The van der Waals surface area contributed by atoms with Gasteiger partial charge in [0.05, 0.1) is 23.0 Å². The maximum Gasteiger partial charge on any atom is 0.343 e. The molecule has 1 unspecified atom stereocenters. The number of nitrogens with one attached hydrogen (secondary N) is 1. The van der Waals surface area contributed by atoms with Gasteiger partial charge in [0.2, 0.25) is 11.6 Å². The van der Waals surface area contributed by atoms with Crippen molar-refractivity contribution in [3.8, 4) is 0 Å². The van der Waals surface area contributed by atoms with E-state index in [9.17, 15) is 28.9 Å². The Hall–Kier alpha value is -2.75. The Balaban J connectivity index is 2.03. The lowest BCUT2D eigenvalue weighted by Gasteiger charge is -2.18. The summed E-state index contributed by atoms with van der Waals surface area (Å²) in [5.74, 6) is -3.29. The van der Waals surface area contributed by atoms with Gasteiger partial charge in [0.1, 0.15) is 5.56 Å². The van der Waals surface area contributed by atoms with Gasteiger partial charge in [0.25, 0.3) is 11.6 Å². The Kier molecular flexibility index (Phi) is 5.21. The first-order valence-electron chi connectivity index (χ1n) is 7.07. The summed E-state index contributed by atoms with van der Waals surface area (Å²) in [7, 11) is 0. The molecule has 0 bridgehead atoms. The van der Waals surface area contributed by atoms with Crippen molar-refractivity contribution in [2.45, 2.75) is 12.1 Å². The van der Waals surface area contributed by atoms with Gasteiger partial charge in [-0.05, 0) is 6.07 Å². The minimum Gasteiger partial charge on any atom is -0.479 e. The molecule has 0 saturated carbocycles. The third-order valence-electron chi connectivity index (χ3n) is 3.77. The standard InChI is InChI=1S/C14H13ClFN3O6/c15-8-2-1-3-9(19(24)25)11(8)12(21)17-6-10(20)18-5-4-14(16,7-18)13(22)23/h1-3H,4-7H2,(H,17,21)(H,22,23). The van der Waals surface area contributed by atoms with Crippen LogP contribution in [-0.4, -0.2) is 58.0 Å². The monoisotopic (exact) mass is 373 g/mol. The van der Waals surface area contributed by atoms with Crippen molar-refractivity contribution < 1.29 is 28.8 Å². The van der Waals surface area contributed by atoms with Crippen molar-refractivity contribution in [1.82, 2.24) is 10.2 Å².